The quantitative estimate of drug-likeness (QED) is 0.627. The summed E-state index contributed by atoms with van der Waals surface area (Å²) in [6.07, 6.45) is 3.50. The summed E-state index contributed by atoms with van der Waals surface area (Å²) in [7, 11) is 0. The highest BCUT2D eigenvalue weighted by Gasteiger charge is 2.20. The summed E-state index contributed by atoms with van der Waals surface area (Å²) >= 11 is 6.02. The van der Waals surface area contributed by atoms with Crippen molar-refractivity contribution >= 4 is 17.3 Å². The molecule has 6 nitrogen and oxygen atoms in total. The number of hydrogen-bond donors (Lipinski definition) is 1. The van der Waals surface area contributed by atoms with Gasteiger partial charge in [-0.3, -0.25) is 0 Å². The molecule has 1 saturated carbocycles. The molecule has 2 aromatic rings. The highest BCUT2D eigenvalue weighted by atomic mass is 35.5. The van der Waals surface area contributed by atoms with E-state index in [0.29, 0.717) is 23.1 Å². The molecule has 1 heterocycles. The zero-order valence-electron chi connectivity index (χ0n) is 11.7. The molecule has 1 aromatic carbocycles. The van der Waals surface area contributed by atoms with Gasteiger partial charge in [0.15, 0.2) is 5.82 Å². The number of aryl methyl sites for hydroxylation is 1. The third-order valence-corrected chi connectivity index (χ3v) is 3.64. The molecule has 112 valence electrons. The van der Waals surface area contributed by atoms with Crippen LogP contribution in [0.2, 0.25) is 5.02 Å². The van der Waals surface area contributed by atoms with Crippen molar-refractivity contribution in [2.75, 3.05) is 18.9 Å². The summed E-state index contributed by atoms with van der Waals surface area (Å²) in [5.74, 6) is 1.47. The molecule has 0 bridgehead atoms. The Labute approximate surface area is 128 Å². The van der Waals surface area contributed by atoms with E-state index in [-0.39, 0.29) is 0 Å². The van der Waals surface area contributed by atoms with Crippen LogP contribution in [-0.4, -0.2) is 33.4 Å². The van der Waals surface area contributed by atoms with Crippen LogP contribution in [0.25, 0.3) is 11.4 Å². The van der Waals surface area contributed by atoms with Crippen molar-refractivity contribution in [3.05, 3.63) is 23.2 Å². The number of aromatic nitrogens is 4. The largest absolute Gasteiger partial charge is 0.399 e. The van der Waals surface area contributed by atoms with E-state index in [2.05, 4.69) is 15.5 Å². The van der Waals surface area contributed by atoms with Crippen molar-refractivity contribution < 1.29 is 4.74 Å². The number of ether oxygens (including phenoxy) is 1. The molecule has 2 N–H and O–H groups in total. The predicted molar refractivity (Wildman–Crippen MR) is 80.8 cm³/mol. The van der Waals surface area contributed by atoms with Crippen LogP contribution in [0.5, 0.6) is 0 Å². The number of nitrogen functional groups attached to an aromatic ring is 1. The first-order valence-corrected chi connectivity index (χ1v) is 7.50. The van der Waals surface area contributed by atoms with Gasteiger partial charge in [0.25, 0.3) is 0 Å². The minimum atomic E-state index is 0.576. The van der Waals surface area contributed by atoms with Gasteiger partial charge >= 0.3 is 0 Å². The molecule has 21 heavy (non-hydrogen) atoms. The summed E-state index contributed by atoms with van der Waals surface area (Å²) in [4.78, 5) is 0. The van der Waals surface area contributed by atoms with E-state index in [1.165, 1.54) is 12.8 Å². The number of anilines is 1. The first-order chi connectivity index (χ1) is 10.2. The third-order valence-electron chi connectivity index (χ3n) is 3.42. The van der Waals surface area contributed by atoms with Gasteiger partial charge in [-0.15, -0.1) is 5.10 Å². The molecule has 0 atom stereocenters. The van der Waals surface area contributed by atoms with Crippen molar-refractivity contribution in [3.8, 4) is 11.4 Å². The van der Waals surface area contributed by atoms with E-state index in [1.54, 1.807) is 10.7 Å². The van der Waals surface area contributed by atoms with Crippen molar-refractivity contribution in [3.63, 3.8) is 0 Å². The molecular formula is C14H18ClN5O. The summed E-state index contributed by atoms with van der Waals surface area (Å²) in [6.45, 7) is 2.32. The molecule has 1 aliphatic carbocycles. The first kappa shape index (κ1) is 14.3. The van der Waals surface area contributed by atoms with E-state index in [9.17, 15) is 0 Å². The molecule has 0 amide bonds. The topological polar surface area (TPSA) is 78.9 Å². The average molecular weight is 308 g/mol. The number of nitrogens with two attached hydrogens (primary N) is 1. The number of benzene rings is 1. The van der Waals surface area contributed by atoms with Crippen molar-refractivity contribution in [2.45, 2.75) is 25.8 Å². The first-order valence-electron chi connectivity index (χ1n) is 7.13. The summed E-state index contributed by atoms with van der Waals surface area (Å²) in [5.41, 5.74) is 7.23. The van der Waals surface area contributed by atoms with Gasteiger partial charge in [-0.2, -0.15) is 0 Å². The summed E-state index contributed by atoms with van der Waals surface area (Å²) < 4.78 is 7.37. The molecular weight excluding hydrogens is 290 g/mol. The van der Waals surface area contributed by atoms with Gasteiger partial charge in [-0.05, 0) is 53.8 Å². The van der Waals surface area contributed by atoms with Crippen LogP contribution < -0.4 is 5.73 Å². The Morgan fingerprint density at radius 3 is 2.95 bits per heavy atom. The van der Waals surface area contributed by atoms with Crippen LogP contribution in [0.4, 0.5) is 5.69 Å². The maximum absolute atomic E-state index is 6.02. The SMILES string of the molecule is Nc1cc(Cl)cc(-c2nnnn2CCCOCC2CC2)c1. The van der Waals surface area contributed by atoms with Crippen LogP contribution in [0.15, 0.2) is 18.2 Å². The Morgan fingerprint density at radius 1 is 1.33 bits per heavy atom. The Hall–Kier alpha value is -1.66. The number of nitrogens with zero attached hydrogens (tertiary/aromatic N) is 4. The summed E-state index contributed by atoms with van der Waals surface area (Å²) in [5, 5.41) is 12.4. The fourth-order valence-electron chi connectivity index (χ4n) is 2.15. The molecule has 7 heteroatoms. The van der Waals surface area contributed by atoms with Crippen LogP contribution in [-0.2, 0) is 11.3 Å². The second-order valence-electron chi connectivity index (χ2n) is 5.37. The Balaban J connectivity index is 1.60. The van der Waals surface area contributed by atoms with Gasteiger partial charge < -0.3 is 10.5 Å². The van der Waals surface area contributed by atoms with Crippen molar-refractivity contribution in [2.24, 2.45) is 5.92 Å². The van der Waals surface area contributed by atoms with Gasteiger partial charge in [0.2, 0.25) is 0 Å². The molecule has 0 aliphatic heterocycles. The lowest BCUT2D eigenvalue weighted by atomic mass is 10.2. The Bertz CT molecular complexity index is 591. The van der Waals surface area contributed by atoms with Gasteiger partial charge in [-0.1, -0.05) is 11.6 Å². The van der Waals surface area contributed by atoms with Crippen LogP contribution in [0.3, 0.4) is 0 Å². The second-order valence-corrected chi connectivity index (χ2v) is 5.81. The fraction of sp³-hybridized carbons (Fsp3) is 0.500. The number of hydrogen-bond acceptors (Lipinski definition) is 5. The van der Waals surface area contributed by atoms with E-state index in [4.69, 9.17) is 22.1 Å². The lowest BCUT2D eigenvalue weighted by Crippen LogP contribution is -2.07. The standard InChI is InChI=1S/C14H18ClN5O/c15-12-6-11(7-13(16)8-12)14-17-18-19-20(14)4-1-5-21-9-10-2-3-10/h6-8,10H,1-5,9,16H2. The van der Waals surface area contributed by atoms with Gasteiger partial charge in [0.1, 0.15) is 0 Å². The Kier molecular flexibility index (Phi) is 4.36. The van der Waals surface area contributed by atoms with E-state index >= 15 is 0 Å². The molecule has 0 saturated heterocycles. The molecule has 3 rings (SSSR count). The van der Waals surface area contributed by atoms with Crippen molar-refractivity contribution in [1.29, 1.82) is 0 Å². The minimum absolute atomic E-state index is 0.576. The van der Waals surface area contributed by atoms with Crippen LogP contribution in [0.1, 0.15) is 19.3 Å². The van der Waals surface area contributed by atoms with E-state index in [0.717, 1.165) is 31.1 Å². The normalized spacial score (nSPS) is 14.5. The van der Waals surface area contributed by atoms with Gasteiger partial charge in [0.05, 0.1) is 0 Å². The summed E-state index contributed by atoms with van der Waals surface area (Å²) in [6, 6.07) is 5.33. The second kappa shape index (κ2) is 6.41. The minimum Gasteiger partial charge on any atom is -0.399 e. The molecule has 0 radical (unpaired) electrons. The van der Waals surface area contributed by atoms with Gasteiger partial charge in [0, 0.05) is 36.0 Å². The highest BCUT2D eigenvalue weighted by Crippen LogP contribution is 2.28. The maximum Gasteiger partial charge on any atom is 0.182 e. The number of halogens is 1. The zero-order valence-corrected chi connectivity index (χ0v) is 12.5. The number of tetrazole rings is 1. The maximum atomic E-state index is 6.02. The lowest BCUT2D eigenvalue weighted by Gasteiger charge is -2.06. The number of rotatable bonds is 7. The third kappa shape index (κ3) is 3.92. The smallest absolute Gasteiger partial charge is 0.182 e. The molecule has 0 unspecified atom stereocenters. The van der Waals surface area contributed by atoms with Crippen molar-refractivity contribution in [1.82, 2.24) is 20.2 Å². The fourth-order valence-corrected chi connectivity index (χ4v) is 2.40. The molecule has 1 fully saturated rings. The predicted octanol–water partition coefficient (Wildman–Crippen LogP) is 2.39. The molecule has 1 aliphatic rings. The molecule has 0 spiro atoms. The molecule has 1 aromatic heterocycles. The van der Waals surface area contributed by atoms with Crippen LogP contribution >= 0.6 is 11.6 Å². The average Bonchev–Trinajstić information content (AvgIpc) is 3.13. The lowest BCUT2D eigenvalue weighted by molar-refractivity contribution is 0.118. The monoisotopic (exact) mass is 307 g/mol. The van der Waals surface area contributed by atoms with Crippen LogP contribution in [0, 0.1) is 5.92 Å². The van der Waals surface area contributed by atoms with E-state index < -0.39 is 0 Å². The Morgan fingerprint density at radius 2 is 2.19 bits per heavy atom. The van der Waals surface area contributed by atoms with Gasteiger partial charge in [-0.25, -0.2) is 4.68 Å². The van der Waals surface area contributed by atoms with E-state index in [1.807, 2.05) is 12.1 Å². The highest BCUT2D eigenvalue weighted by molar-refractivity contribution is 6.31. The zero-order chi connectivity index (χ0) is 14.7.